The minimum atomic E-state index is -0.523. The second kappa shape index (κ2) is 9.86. The minimum Gasteiger partial charge on any atom is -0.493 e. The van der Waals surface area contributed by atoms with Gasteiger partial charge in [0.1, 0.15) is 11.4 Å². The topological polar surface area (TPSA) is 97.0 Å². The molecule has 1 aliphatic rings. The number of methoxy groups -OCH3 is 1. The molecule has 34 heavy (non-hydrogen) atoms. The highest BCUT2D eigenvalue weighted by atomic mass is 19.1. The van der Waals surface area contributed by atoms with Crippen LogP contribution < -0.4 is 25.2 Å². The summed E-state index contributed by atoms with van der Waals surface area (Å²) in [7, 11) is 1.43. The van der Waals surface area contributed by atoms with Crippen LogP contribution in [0, 0.1) is 5.82 Å². The molecule has 0 unspecified atom stereocenters. The predicted octanol–water partition coefficient (Wildman–Crippen LogP) is 3.31. The average molecular weight is 461 g/mol. The number of nitrogens with zero attached hydrogens (tertiary/aromatic N) is 1. The molecule has 3 aromatic rings. The van der Waals surface area contributed by atoms with E-state index in [1.807, 2.05) is 6.07 Å². The number of anilines is 2. The van der Waals surface area contributed by atoms with E-state index in [1.54, 1.807) is 42.5 Å². The molecule has 0 saturated carbocycles. The summed E-state index contributed by atoms with van der Waals surface area (Å²) in [5.41, 5.74) is 4.03. The van der Waals surface area contributed by atoms with Crippen LogP contribution in [0.3, 0.4) is 0 Å². The number of benzene rings is 3. The predicted molar refractivity (Wildman–Crippen MR) is 124 cm³/mol. The molecule has 1 fully saturated rings. The van der Waals surface area contributed by atoms with Crippen LogP contribution in [0.4, 0.5) is 15.8 Å². The Morgan fingerprint density at radius 3 is 2.47 bits per heavy atom. The summed E-state index contributed by atoms with van der Waals surface area (Å²) in [6.07, 6.45) is 1.45. The van der Waals surface area contributed by atoms with E-state index >= 15 is 0 Å². The number of halogens is 1. The molecule has 4 rings (SSSR count). The molecular formula is C25H20FN3O5. The highest BCUT2D eigenvalue weighted by Crippen LogP contribution is 2.30. The van der Waals surface area contributed by atoms with Gasteiger partial charge in [-0.05, 0) is 60.2 Å². The summed E-state index contributed by atoms with van der Waals surface area (Å²) in [6, 6.07) is 18.9. The van der Waals surface area contributed by atoms with Gasteiger partial charge in [0, 0.05) is 5.69 Å². The third-order valence-electron chi connectivity index (χ3n) is 4.89. The Morgan fingerprint density at radius 2 is 1.76 bits per heavy atom. The van der Waals surface area contributed by atoms with Crippen molar-refractivity contribution < 1.29 is 28.2 Å². The van der Waals surface area contributed by atoms with Gasteiger partial charge >= 0.3 is 0 Å². The van der Waals surface area contributed by atoms with Crippen molar-refractivity contribution in [2.75, 3.05) is 24.0 Å². The molecule has 0 atom stereocenters. The number of nitrogens with one attached hydrogen (secondary N) is 2. The first-order valence-corrected chi connectivity index (χ1v) is 10.2. The molecule has 3 aromatic carbocycles. The molecule has 1 saturated heterocycles. The molecule has 0 spiro atoms. The van der Waals surface area contributed by atoms with Crippen LogP contribution >= 0.6 is 0 Å². The Kier molecular flexibility index (Phi) is 6.54. The van der Waals surface area contributed by atoms with Crippen LogP contribution in [0.25, 0.3) is 6.08 Å². The van der Waals surface area contributed by atoms with Gasteiger partial charge in [-0.1, -0.05) is 24.3 Å². The summed E-state index contributed by atoms with van der Waals surface area (Å²) in [4.78, 5) is 37.2. The van der Waals surface area contributed by atoms with Crippen LogP contribution in [0.1, 0.15) is 5.56 Å². The van der Waals surface area contributed by atoms with Gasteiger partial charge in [0.15, 0.2) is 18.1 Å². The lowest BCUT2D eigenvalue weighted by molar-refractivity contribution is -0.118. The summed E-state index contributed by atoms with van der Waals surface area (Å²) in [5.74, 6) is -1.23. The number of hydrazine groups is 1. The number of para-hydroxylation sites is 1. The summed E-state index contributed by atoms with van der Waals surface area (Å²) in [6.45, 7) is -0.304. The number of carbonyl (C=O) groups excluding carboxylic acids is 3. The highest BCUT2D eigenvalue weighted by molar-refractivity contribution is 6.31. The molecule has 0 radical (unpaired) electrons. The number of ether oxygens (including phenoxy) is 2. The monoisotopic (exact) mass is 461 g/mol. The second-order valence-electron chi connectivity index (χ2n) is 7.23. The van der Waals surface area contributed by atoms with Crippen molar-refractivity contribution in [1.29, 1.82) is 0 Å². The summed E-state index contributed by atoms with van der Waals surface area (Å²) in [5, 5.41) is 3.78. The zero-order valence-electron chi connectivity index (χ0n) is 18.1. The first-order chi connectivity index (χ1) is 16.4. The number of carbonyl (C=O) groups is 3. The first-order valence-electron chi connectivity index (χ1n) is 10.2. The third kappa shape index (κ3) is 5.04. The zero-order valence-corrected chi connectivity index (χ0v) is 18.1. The Balaban J connectivity index is 1.45. The lowest BCUT2D eigenvalue weighted by atomic mass is 10.1. The molecule has 8 nitrogen and oxygen atoms in total. The van der Waals surface area contributed by atoms with Crippen molar-refractivity contribution in [1.82, 2.24) is 5.43 Å². The number of rotatable bonds is 7. The number of hydrogen-bond acceptors (Lipinski definition) is 5. The third-order valence-corrected chi connectivity index (χ3v) is 4.89. The molecule has 1 heterocycles. The molecule has 0 aromatic heterocycles. The van der Waals surface area contributed by atoms with E-state index in [-0.39, 0.29) is 12.2 Å². The van der Waals surface area contributed by atoms with Crippen molar-refractivity contribution in [3.8, 4) is 11.5 Å². The molecule has 2 N–H and O–H groups in total. The van der Waals surface area contributed by atoms with Crippen molar-refractivity contribution in [2.45, 2.75) is 0 Å². The zero-order chi connectivity index (χ0) is 24.1. The fourth-order valence-electron chi connectivity index (χ4n) is 3.25. The van der Waals surface area contributed by atoms with Gasteiger partial charge in [0.25, 0.3) is 17.7 Å². The van der Waals surface area contributed by atoms with Crippen LogP contribution in [0.2, 0.25) is 0 Å². The first kappa shape index (κ1) is 22.5. The number of amides is 3. The van der Waals surface area contributed by atoms with Crippen LogP contribution in [-0.4, -0.2) is 31.4 Å². The number of hydrogen-bond donors (Lipinski definition) is 2. The van der Waals surface area contributed by atoms with E-state index in [0.29, 0.717) is 28.4 Å². The molecule has 3 amide bonds. The van der Waals surface area contributed by atoms with Gasteiger partial charge in [0.05, 0.1) is 12.8 Å². The molecular weight excluding hydrogens is 441 g/mol. The maximum atomic E-state index is 13.0. The molecule has 1 aliphatic heterocycles. The standard InChI is InChI=1S/C25H20FN3O5/c1-33-22-14-16(13-20-24(31)28-29(25(20)32)19-5-3-2-4-6-19)7-12-21(22)34-15-23(30)27-18-10-8-17(26)9-11-18/h2-14H,15H2,1H3,(H,27,30)(H,28,31)/b20-13-. The Bertz CT molecular complexity index is 1260. The fourth-order valence-corrected chi connectivity index (χ4v) is 3.25. The lowest BCUT2D eigenvalue weighted by Gasteiger charge is -2.14. The van der Waals surface area contributed by atoms with E-state index in [0.717, 1.165) is 0 Å². The average Bonchev–Trinajstić information content (AvgIpc) is 3.13. The SMILES string of the molecule is COc1cc(/C=C2/C(=O)NN(c3ccccc3)C2=O)ccc1OCC(=O)Nc1ccc(F)cc1. The van der Waals surface area contributed by atoms with Crippen molar-refractivity contribution in [3.63, 3.8) is 0 Å². The van der Waals surface area contributed by atoms with Gasteiger partial charge in [-0.25, -0.2) is 9.40 Å². The van der Waals surface area contributed by atoms with Gasteiger partial charge in [-0.15, -0.1) is 0 Å². The highest BCUT2D eigenvalue weighted by Gasteiger charge is 2.34. The molecule has 0 aliphatic carbocycles. The maximum absolute atomic E-state index is 13.0. The normalized spacial score (nSPS) is 14.2. The summed E-state index contributed by atoms with van der Waals surface area (Å²) >= 11 is 0. The van der Waals surface area contributed by atoms with Crippen molar-refractivity contribution >= 4 is 35.2 Å². The molecule has 0 bridgehead atoms. The van der Waals surface area contributed by atoms with E-state index < -0.39 is 23.5 Å². The summed E-state index contributed by atoms with van der Waals surface area (Å²) < 4.78 is 23.9. The molecule has 172 valence electrons. The largest absolute Gasteiger partial charge is 0.493 e. The van der Waals surface area contributed by atoms with Crippen molar-refractivity contribution in [3.05, 3.63) is 89.8 Å². The lowest BCUT2D eigenvalue weighted by Crippen LogP contribution is -2.35. The molecule has 9 heteroatoms. The van der Waals surface area contributed by atoms with Gasteiger partial charge in [-0.3, -0.25) is 19.8 Å². The smallest absolute Gasteiger partial charge is 0.282 e. The quantitative estimate of drug-likeness (QED) is 0.416. The van der Waals surface area contributed by atoms with E-state index in [4.69, 9.17) is 9.47 Å². The minimum absolute atomic E-state index is 0.0294. The Labute approximate surface area is 194 Å². The Morgan fingerprint density at radius 1 is 1.03 bits per heavy atom. The Hall–Kier alpha value is -4.66. The van der Waals surface area contributed by atoms with E-state index in [9.17, 15) is 18.8 Å². The van der Waals surface area contributed by atoms with Gasteiger partial charge in [-0.2, -0.15) is 0 Å². The maximum Gasteiger partial charge on any atom is 0.282 e. The van der Waals surface area contributed by atoms with Gasteiger partial charge in [0.2, 0.25) is 0 Å². The van der Waals surface area contributed by atoms with E-state index in [1.165, 1.54) is 42.5 Å². The van der Waals surface area contributed by atoms with Crippen LogP contribution in [0.5, 0.6) is 11.5 Å². The van der Waals surface area contributed by atoms with Crippen LogP contribution in [0.15, 0.2) is 78.4 Å². The van der Waals surface area contributed by atoms with E-state index in [2.05, 4.69) is 10.7 Å². The van der Waals surface area contributed by atoms with Crippen molar-refractivity contribution in [2.24, 2.45) is 0 Å². The van der Waals surface area contributed by atoms with Crippen LogP contribution in [-0.2, 0) is 14.4 Å². The second-order valence-corrected chi connectivity index (χ2v) is 7.23. The van der Waals surface area contributed by atoms with Gasteiger partial charge < -0.3 is 14.8 Å². The fraction of sp³-hybridized carbons (Fsp3) is 0.0800.